The first kappa shape index (κ1) is 31.5. The zero-order chi connectivity index (χ0) is 37.5. The highest BCUT2D eigenvalue weighted by atomic mass is 16.3. The Kier molecular flexibility index (Phi) is 6.83. The molecule has 0 aliphatic rings. The second-order valence-electron chi connectivity index (χ2n) is 14.4. The monoisotopic (exact) mass is 730 g/mol. The predicted molar refractivity (Wildman–Crippen MR) is 230 cm³/mol. The topological polar surface area (TPSA) is 69.9 Å². The lowest BCUT2D eigenvalue weighted by Gasteiger charge is -2.08. The minimum Gasteiger partial charge on any atom is -0.455 e. The number of fused-ring (bicyclic) bond motifs is 9. The minimum atomic E-state index is 0.584. The van der Waals surface area contributed by atoms with Crippen LogP contribution >= 0.6 is 0 Å². The van der Waals surface area contributed by atoms with E-state index in [1.165, 1.54) is 10.8 Å². The molecule has 0 saturated heterocycles. The normalized spacial score (nSPS) is 11.9. The lowest BCUT2D eigenvalue weighted by atomic mass is 10.0. The van der Waals surface area contributed by atoms with Crippen LogP contribution in [-0.4, -0.2) is 19.5 Å². The summed E-state index contributed by atoms with van der Waals surface area (Å²) in [5, 5.41) is 6.65. The molecule has 8 aromatic carbocycles. The molecule has 0 unspecified atom stereocenters. The average Bonchev–Trinajstić information content (AvgIpc) is 3.96. The number of para-hydroxylation sites is 4. The molecule has 4 aromatic heterocycles. The first-order valence-corrected chi connectivity index (χ1v) is 19.0. The minimum absolute atomic E-state index is 0.584. The van der Waals surface area contributed by atoms with Crippen LogP contribution in [0.25, 0.3) is 117 Å². The van der Waals surface area contributed by atoms with Gasteiger partial charge in [-0.2, -0.15) is 0 Å². The third-order valence-corrected chi connectivity index (χ3v) is 11.1. The largest absolute Gasteiger partial charge is 0.455 e. The van der Waals surface area contributed by atoms with Crippen molar-refractivity contribution >= 4 is 65.7 Å². The fourth-order valence-corrected chi connectivity index (χ4v) is 8.41. The Morgan fingerprint density at radius 2 is 0.807 bits per heavy atom. The van der Waals surface area contributed by atoms with Crippen LogP contribution in [0.4, 0.5) is 0 Å². The van der Waals surface area contributed by atoms with Crippen molar-refractivity contribution in [2.24, 2.45) is 0 Å². The first-order chi connectivity index (χ1) is 28.2. The van der Waals surface area contributed by atoms with Crippen LogP contribution in [0.1, 0.15) is 0 Å². The molecule has 0 aliphatic heterocycles. The van der Waals surface area contributed by atoms with E-state index in [1.54, 1.807) is 0 Å². The molecule has 0 atom stereocenters. The summed E-state index contributed by atoms with van der Waals surface area (Å²) in [7, 11) is 0. The van der Waals surface area contributed by atoms with E-state index in [0.29, 0.717) is 17.5 Å². The van der Waals surface area contributed by atoms with E-state index in [1.807, 2.05) is 66.7 Å². The highest BCUT2D eigenvalue weighted by molar-refractivity contribution is 6.14. The predicted octanol–water partition coefficient (Wildman–Crippen LogP) is 13.4. The van der Waals surface area contributed by atoms with Crippen LogP contribution in [0.2, 0.25) is 0 Å². The zero-order valence-electron chi connectivity index (χ0n) is 30.4. The van der Waals surface area contributed by atoms with Gasteiger partial charge in [0.25, 0.3) is 0 Å². The van der Waals surface area contributed by atoms with Crippen molar-refractivity contribution in [1.29, 1.82) is 0 Å². The van der Waals surface area contributed by atoms with Crippen LogP contribution in [-0.2, 0) is 0 Å². The van der Waals surface area contributed by atoms with Crippen molar-refractivity contribution in [2.45, 2.75) is 0 Å². The summed E-state index contributed by atoms with van der Waals surface area (Å²) in [4.78, 5) is 14.8. The summed E-state index contributed by atoms with van der Waals surface area (Å²) in [6, 6.07) is 62.6. The third kappa shape index (κ3) is 4.94. The molecule has 266 valence electrons. The quantitative estimate of drug-likeness (QED) is 0.176. The molecule has 12 aromatic rings. The summed E-state index contributed by atoms with van der Waals surface area (Å²) >= 11 is 0. The fraction of sp³-hybridized carbons (Fsp3) is 0. The number of hydrogen-bond donors (Lipinski definition) is 0. The Balaban J connectivity index is 0.984. The standard InChI is InChI=1S/C51H30N4O2/c1-3-13-31(14-4-1)49-52-50(32-15-5-2-6-16-32)54-51(53-49)34-26-28-38-40-20-11-19-35(47(40)56-46(38)30-34)33-25-27-39-41-21-12-24-44(48(41)57-45(39)29-33)55-42-22-9-7-17-36(42)37-18-8-10-23-43(37)55/h1-30H. The molecule has 0 N–H and O–H groups in total. The van der Waals surface area contributed by atoms with Gasteiger partial charge in [0.1, 0.15) is 16.7 Å². The maximum Gasteiger partial charge on any atom is 0.164 e. The molecule has 0 fully saturated rings. The summed E-state index contributed by atoms with van der Waals surface area (Å²) in [6.45, 7) is 0. The Bertz CT molecular complexity index is 3410. The number of furan rings is 2. The van der Waals surface area contributed by atoms with Crippen LogP contribution in [0.5, 0.6) is 0 Å². The van der Waals surface area contributed by atoms with Gasteiger partial charge in [0.05, 0.1) is 16.7 Å². The molecule has 4 heterocycles. The molecular formula is C51H30N4O2. The summed E-state index contributed by atoms with van der Waals surface area (Å²) in [6.07, 6.45) is 0. The van der Waals surface area contributed by atoms with Crippen LogP contribution in [0, 0.1) is 0 Å². The Morgan fingerprint density at radius 1 is 0.333 bits per heavy atom. The maximum atomic E-state index is 6.82. The first-order valence-electron chi connectivity index (χ1n) is 19.0. The van der Waals surface area contributed by atoms with Gasteiger partial charge < -0.3 is 13.4 Å². The molecule has 12 rings (SSSR count). The van der Waals surface area contributed by atoms with E-state index in [9.17, 15) is 0 Å². The number of rotatable bonds is 5. The van der Waals surface area contributed by atoms with Gasteiger partial charge in [-0.1, -0.05) is 140 Å². The summed E-state index contributed by atoms with van der Waals surface area (Å²) < 4.78 is 15.9. The maximum absolute atomic E-state index is 6.82. The number of aromatic nitrogens is 4. The molecule has 0 amide bonds. The number of hydrogen-bond acceptors (Lipinski definition) is 5. The average molecular weight is 731 g/mol. The second kappa shape index (κ2) is 12.3. The molecule has 57 heavy (non-hydrogen) atoms. The molecule has 0 aliphatic carbocycles. The van der Waals surface area contributed by atoms with E-state index >= 15 is 0 Å². The molecular weight excluding hydrogens is 701 g/mol. The third-order valence-electron chi connectivity index (χ3n) is 11.1. The van der Waals surface area contributed by atoms with Crippen molar-refractivity contribution in [3.63, 3.8) is 0 Å². The van der Waals surface area contributed by atoms with Gasteiger partial charge >= 0.3 is 0 Å². The SMILES string of the molecule is c1ccc(-c2nc(-c3ccccc3)nc(-c3ccc4c(c3)oc3c(-c5ccc6c(c5)oc5c(-n7c8ccccc8c8ccccc87)cccc56)cccc34)n2)cc1. The van der Waals surface area contributed by atoms with Gasteiger partial charge in [0.15, 0.2) is 23.1 Å². The van der Waals surface area contributed by atoms with Crippen molar-refractivity contribution in [1.82, 2.24) is 19.5 Å². The molecule has 6 heteroatoms. The lowest BCUT2D eigenvalue weighted by molar-refractivity contribution is 0.666. The molecule has 0 radical (unpaired) electrons. The lowest BCUT2D eigenvalue weighted by Crippen LogP contribution is -2.00. The van der Waals surface area contributed by atoms with Crippen LogP contribution < -0.4 is 0 Å². The number of benzene rings is 8. The molecule has 0 spiro atoms. The van der Waals surface area contributed by atoms with E-state index in [0.717, 1.165) is 88.4 Å². The van der Waals surface area contributed by atoms with Gasteiger partial charge in [0, 0.05) is 54.6 Å². The van der Waals surface area contributed by atoms with Gasteiger partial charge in [0.2, 0.25) is 0 Å². The Morgan fingerprint density at radius 3 is 1.44 bits per heavy atom. The van der Waals surface area contributed by atoms with Crippen LogP contribution in [0.3, 0.4) is 0 Å². The molecule has 0 bridgehead atoms. The Hall–Kier alpha value is -7.83. The van der Waals surface area contributed by atoms with Crippen LogP contribution in [0.15, 0.2) is 191 Å². The zero-order valence-corrected chi connectivity index (χ0v) is 30.4. The van der Waals surface area contributed by atoms with Gasteiger partial charge in [-0.15, -0.1) is 0 Å². The van der Waals surface area contributed by atoms with Gasteiger partial charge in [-0.3, -0.25) is 0 Å². The highest BCUT2D eigenvalue weighted by Gasteiger charge is 2.20. The van der Waals surface area contributed by atoms with Crippen molar-refractivity contribution in [2.75, 3.05) is 0 Å². The van der Waals surface area contributed by atoms with E-state index in [-0.39, 0.29) is 0 Å². The van der Waals surface area contributed by atoms with Crippen molar-refractivity contribution in [3.05, 3.63) is 182 Å². The number of nitrogens with zero attached hydrogens (tertiary/aromatic N) is 4. The van der Waals surface area contributed by atoms with Crippen molar-refractivity contribution in [3.8, 4) is 51.0 Å². The Labute approximate surface area is 325 Å². The summed E-state index contributed by atoms with van der Waals surface area (Å²) in [5.41, 5.74) is 11.3. The van der Waals surface area contributed by atoms with Gasteiger partial charge in [-0.25, -0.2) is 15.0 Å². The highest BCUT2D eigenvalue weighted by Crippen LogP contribution is 2.41. The molecule has 0 saturated carbocycles. The van der Waals surface area contributed by atoms with E-state index in [4.69, 9.17) is 23.8 Å². The molecule has 6 nitrogen and oxygen atoms in total. The fourth-order valence-electron chi connectivity index (χ4n) is 8.41. The smallest absolute Gasteiger partial charge is 0.164 e. The second-order valence-corrected chi connectivity index (χ2v) is 14.4. The van der Waals surface area contributed by atoms with E-state index < -0.39 is 0 Å². The van der Waals surface area contributed by atoms with E-state index in [2.05, 4.69) is 120 Å². The van der Waals surface area contributed by atoms with Gasteiger partial charge in [-0.05, 0) is 48.0 Å². The van der Waals surface area contributed by atoms with Crippen molar-refractivity contribution < 1.29 is 8.83 Å². The summed E-state index contributed by atoms with van der Waals surface area (Å²) in [5.74, 6) is 1.82.